The molecule has 0 unspecified atom stereocenters. The van der Waals surface area contributed by atoms with Gasteiger partial charge in [0.25, 0.3) is 0 Å². The Balaban J connectivity index is 2.04. The van der Waals surface area contributed by atoms with Crippen LogP contribution in [0.15, 0.2) is 42.5 Å². The molecule has 0 saturated carbocycles. The van der Waals surface area contributed by atoms with E-state index in [1.165, 1.54) is 6.07 Å². The van der Waals surface area contributed by atoms with Crippen molar-refractivity contribution in [3.05, 3.63) is 64.4 Å². The predicted octanol–water partition coefficient (Wildman–Crippen LogP) is 3.52. The zero-order valence-electron chi connectivity index (χ0n) is 9.70. The highest BCUT2D eigenvalue weighted by Crippen LogP contribution is 2.18. The van der Waals surface area contributed by atoms with Crippen molar-refractivity contribution in [3.63, 3.8) is 0 Å². The molecule has 94 valence electrons. The van der Waals surface area contributed by atoms with Crippen LogP contribution in [0.25, 0.3) is 0 Å². The van der Waals surface area contributed by atoms with E-state index >= 15 is 0 Å². The molecule has 2 aromatic carbocycles. The van der Waals surface area contributed by atoms with E-state index in [0.29, 0.717) is 22.9 Å². The summed E-state index contributed by atoms with van der Waals surface area (Å²) in [6.45, 7) is 0.507. The fourth-order valence-corrected chi connectivity index (χ4v) is 1.65. The maximum absolute atomic E-state index is 13.6. The molecule has 0 aliphatic rings. The molecule has 0 atom stereocenters. The van der Waals surface area contributed by atoms with E-state index in [4.69, 9.17) is 22.1 Å². The highest BCUT2D eigenvalue weighted by atomic mass is 35.5. The second-order valence-electron chi connectivity index (χ2n) is 3.87. The van der Waals surface area contributed by atoms with Gasteiger partial charge in [-0.1, -0.05) is 23.7 Å². The Morgan fingerprint density at radius 1 is 1.11 bits per heavy atom. The summed E-state index contributed by atoms with van der Waals surface area (Å²) in [7, 11) is 0. The Morgan fingerprint density at radius 2 is 1.83 bits per heavy atom. The van der Waals surface area contributed by atoms with Crippen LogP contribution in [0.3, 0.4) is 0 Å². The van der Waals surface area contributed by atoms with Gasteiger partial charge in [0.05, 0.1) is 0 Å². The summed E-state index contributed by atoms with van der Waals surface area (Å²) in [4.78, 5) is 0. The topological polar surface area (TPSA) is 35.2 Å². The van der Waals surface area contributed by atoms with Gasteiger partial charge in [0, 0.05) is 17.1 Å². The summed E-state index contributed by atoms with van der Waals surface area (Å²) in [5.74, 6) is 0.355. The maximum atomic E-state index is 13.6. The van der Waals surface area contributed by atoms with Crippen LogP contribution in [-0.2, 0) is 13.2 Å². The molecule has 0 aliphatic heterocycles. The minimum Gasteiger partial charge on any atom is -0.489 e. The summed E-state index contributed by atoms with van der Waals surface area (Å²) < 4.78 is 19.1. The summed E-state index contributed by atoms with van der Waals surface area (Å²) in [5, 5.41) is 0.640. The predicted molar refractivity (Wildman–Crippen MR) is 70.1 cm³/mol. The molecule has 0 aromatic heterocycles. The first-order valence-electron chi connectivity index (χ1n) is 5.55. The number of hydrogen-bond donors (Lipinski definition) is 1. The third kappa shape index (κ3) is 3.22. The second kappa shape index (κ2) is 5.85. The molecule has 0 amide bonds. The fourth-order valence-electron chi connectivity index (χ4n) is 1.53. The third-order valence-corrected chi connectivity index (χ3v) is 2.81. The van der Waals surface area contributed by atoms with Crippen molar-refractivity contribution in [2.24, 2.45) is 5.73 Å². The summed E-state index contributed by atoms with van der Waals surface area (Å²) in [6, 6.07) is 11.9. The smallest absolute Gasteiger partial charge is 0.130 e. The SMILES string of the molecule is NCc1ccc(COc2ccc(Cl)cc2)c(F)c1. The second-order valence-corrected chi connectivity index (χ2v) is 4.31. The zero-order chi connectivity index (χ0) is 13.0. The lowest BCUT2D eigenvalue weighted by Crippen LogP contribution is -2.02. The first-order valence-corrected chi connectivity index (χ1v) is 5.92. The molecule has 4 heteroatoms. The monoisotopic (exact) mass is 265 g/mol. The number of halogens is 2. The van der Waals surface area contributed by atoms with Crippen molar-refractivity contribution in [1.82, 2.24) is 0 Å². The van der Waals surface area contributed by atoms with Gasteiger partial charge in [0.15, 0.2) is 0 Å². The number of ether oxygens (including phenoxy) is 1. The molecule has 2 rings (SSSR count). The molecule has 0 saturated heterocycles. The van der Waals surface area contributed by atoms with Gasteiger partial charge in [0.1, 0.15) is 18.2 Å². The van der Waals surface area contributed by atoms with Gasteiger partial charge in [-0.2, -0.15) is 0 Å². The maximum Gasteiger partial charge on any atom is 0.130 e. The molecule has 0 fully saturated rings. The van der Waals surface area contributed by atoms with Gasteiger partial charge < -0.3 is 10.5 Å². The molecule has 2 nitrogen and oxygen atoms in total. The molecule has 0 heterocycles. The Hall–Kier alpha value is -1.58. The largest absolute Gasteiger partial charge is 0.489 e. The van der Waals surface area contributed by atoms with Crippen molar-refractivity contribution in [3.8, 4) is 5.75 Å². The highest BCUT2D eigenvalue weighted by molar-refractivity contribution is 6.30. The van der Waals surface area contributed by atoms with Crippen molar-refractivity contribution < 1.29 is 9.13 Å². The van der Waals surface area contributed by atoms with Gasteiger partial charge in [-0.15, -0.1) is 0 Å². The van der Waals surface area contributed by atoms with Gasteiger partial charge in [0.2, 0.25) is 0 Å². The summed E-state index contributed by atoms with van der Waals surface area (Å²) >= 11 is 5.76. The molecular weight excluding hydrogens is 253 g/mol. The van der Waals surface area contributed by atoms with Crippen molar-refractivity contribution >= 4 is 11.6 Å². The molecule has 0 radical (unpaired) electrons. The van der Waals surface area contributed by atoms with E-state index in [0.717, 1.165) is 5.56 Å². The average Bonchev–Trinajstić information content (AvgIpc) is 2.39. The minimum absolute atomic E-state index is 0.179. The quantitative estimate of drug-likeness (QED) is 0.918. The lowest BCUT2D eigenvalue weighted by Gasteiger charge is -2.08. The fraction of sp³-hybridized carbons (Fsp3) is 0.143. The van der Waals surface area contributed by atoms with E-state index in [2.05, 4.69) is 0 Å². The molecule has 2 N–H and O–H groups in total. The Bertz CT molecular complexity index is 528. The van der Waals surface area contributed by atoms with Crippen LogP contribution in [0, 0.1) is 5.82 Å². The lowest BCUT2D eigenvalue weighted by atomic mass is 10.1. The third-order valence-electron chi connectivity index (χ3n) is 2.56. The number of rotatable bonds is 4. The van der Waals surface area contributed by atoms with E-state index in [1.807, 2.05) is 0 Å². The Kier molecular flexibility index (Phi) is 4.18. The van der Waals surface area contributed by atoms with Gasteiger partial charge in [-0.05, 0) is 35.9 Å². The van der Waals surface area contributed by atoms with Crippen LogP contribution in [0.4, 0.5) is 4.39 Å². The van der Waals surface area contributed by atoms with Crippen molar-refractivity contribution in [1.29, 1.82) is 0 Å². The molecule has 2 aromatic rings. The van der Waals surface area contributed by atoms with Crippen LogP contribution in [0.5, 0.6) is 5.75 Å². The molecule has 0 bridgehead atoms. The van der Waals surface area contributed by atoms with Gasteiger partial charge in [-0.25, -0.2) is 4.39 Å². The number of benzene rings is 2. The van der Waals surface area contributed by atoms with Crippen LogP contribution in [-0.4, -0.2) is 0 Å². The van der Waals surface area contributed by atoms with Gasteiger partial charge >= 0.3 is 0 Å². The van der Waals surface area contributed by atoms with Crippen LogP contribution < -0.4 is 10.5 Å². The molecule has 18 heavy (non-hydrogen) atoms. The van der Waals surface area contributed by atoms with E-state index in [1.54, 1.807) is 36.4 Å². The first kappa shape index (κ1) is 12.9. The van der Waals surface area contributed by atoms with Gasteiger partial charge in [-0.3, -0.25) is 0 Å². The molecule has 0 spiro atoms. The van der Waals surface area contributed by atoms with E-state index in [-0.39, 0.29) is 12.4 Å². The van der Waals surface area contributed by atoms with E-state index in [9.17, 15) is 4.39 Å². The number of nitrogens with two attached hydrogens (primary N) is 1. The zero-order valence-corrected chi connectivity index (χ0v) is 10.5. The Labute approximate surface area is 110 Å². The van der Waals surface area contributed by atoms with Crippen LogP contribution in [0.1, 0.15) is 11.1 Å². The number of hydrogen-bond acceptors (Lipinski definition) is 2. The summed E-state index contributed by atoms with van der Waals surface area (Å²) in [5.41, 5.74) is 6.71. The van der Waals surface area contributed by atoms with Crippen molar-refractivity contribution in [2.75, 3.05) is 0 Å². The average molecular weight is 266 g/mol. The highest BCUT2D eigenvalue weighted by Gasteiger charge is 2.04. The lowest BCUT2D eigenvalue weighted by molar-refractivity contribution is 0.300. The van der Waals surface area contributed by atoms with Crippen LogP contribution in [0.2, 0.25) is 5.02 Å². The van der Waals surface area contributed by atoms with Crippen molar-refractivity contribution in [2.45, 2.75) is 13.2 Å². The first-order chi connectivity index (χ1) is 8.69. The molecule has 0 aliphatic carbocycles. The molecular formula is C14H13ClFNO. The standard InChI is InChI=1S/C14H13ClFNO/c15-12-3-5-13(6-4-12)18-9-11-2-1-10(8-17)7-14(11)16/h1-7H,8-9,17H2. The Morgan fingerprint density at radius 3 is 2.44 bits per heavy atom. The minimum atomic E-state index is -0.299. The van der Waals surface area contributed by atoms with Crippen LogP contribution >= 0.6 is 11.6 Å². The normalized spacial score (nSPS) is 10.4. The summed E-state index contributed by atoms with van der Waals surface area (Å²) in [6.07, 6.45) is 0. The van der Waals surface area contributed by atoms with E-state index < -0.39 is 0 Å².